The minimum atomic E-state index is -0.127. The second-order valence-corrected chi connectivity index (χ2v) is 9.39. The number of thioether (sulfide) groups is 1. The summed E-state index contributed by atoms with van der Waals surface area (Å²) in [7, 11) is 0. The van der Waals surface area contributed by atoms with Gasteiger partial charge in [-0.15, -0.1) is 10.2 Å². The SMILES string of the molecule is CC(Sc1nnc(-c2ccc(C(C)(C)C)cc2)n1N)c1nc(-c2ccccc2)no1. The molecule has 0 aliphatic carbocycles. The largest absolute Gasteiger partial charge is 0.338 e. The maximum absolute atomic E-state index is 6.29. The fraction of sp³-hybridized carbons (Fsp3) is 0.273. The average Bonchev–Trinajstić information content (AvgIpc) is 3.36. The van der Waals surface area contributed by atoms with Gasteiger partial charge in [-0.25, -0.2) is 4.68 Å². The molecule has 0 amide bonds. The van der Waals surface area contributed by atoms with Crippen molar-refractivity contribution in [2.75, 3.05) is 5.84 Å². The molecule has 1 atom stereocenters. The van der Waals surface area contributed by atoms with Crippen molar-refractivity contribution < 1.29 is 4.52 Å². The summed E-state index contributed by atoms with van der Waals surface area (Å²) in [5.41, 5.74) is 3.17. The Morgan fingerprint density at radius 2 is 1.67 bits per heavy atom. The maximum Gasteiger partial charge on any atom is 0.240 e. The first-order valence-electron chi connectivity index (χ1n) is 9.70. The number of nitrogens with two attached hydrogens (primary N) is 1. The molecule has 2 N–H and O–H groups in total. The lowest BCUT2D eigenvalue weighted by atomic mass is 9.87. The Bertz CT molecular complexity index is 1130. The summed E-state index contributed by atoms with van der Waals surface area (Å²) in [6.45, 7) is 8.53. The van der Waals surface area contributed by atoms with Gasteiger partial charge in [0.2, 0.25) is 16.9 Å². The summed E-state index contributed by atoms with van der Waals surface area (Å²) < 4.78 is 6.95. The predicted molar refractivity (Wildman–Crippen MR) is 118 cm³/mol. The number of aromatic nitrogens is 5. The van der Waals surface area contributed by atoms with Gasteiger partial charge >= 0.3 is 0 Å². The molecule has 1 unspecified atom stereocenters. The van der Waals surface area contributed by atoms with Gasteiger partial charge in [-0.05, 0) is 17.9 Å². The lowest BCUT2D eigenvalue weighted by Crippen LogP contribution is -2.13. The van der Waals surface area contributed by atoms with Crippen LogP contribution in [0.25, 0.3) is 22.8 Å². The fourth-order valence-corrected chi connectivity index (χ4v) is 3.79. The highest BCUT2D eigenvalue weighted by Gasteiger charge is 2.21. The van der Waals surface area contributed by atoms with Gasteiger partial charge in [0, 0.05) is 11.1 Å². The van der Waals surface area contributed by atoms with E-state index in [1.165, 1.54) is 22.0 Å². The van der Waals surface area contributed by atoms with Gasteiger partial charge < -0.3 is 10.4 Å². The second-order valence-electron chi connectivity index (χ2n) is 8.09. The molecule has 0 aliphatic heterocycles. The zero-order valence-corrected chi connectivity index (χ0v) is 18.2. The number of nitrogens with zero attached hydrogens (tertiary/aromatic N) is 5. The molecule has 7 nitrogen and oxygen atoms in total. The van der Waals surface area contributed by atoms with Gasteiger partial charge in [0.25, 0.3) is 0 Å². The maximum atomic E-state index is 6.29. The van der Waals surface area contributed by atoms with E-state index in [9.17, 15) is 0 Å². The van der Waals surface area contributed by atoms with Crippen molar-refractivity contribution in [3.05, 3.63) is 66.1 Å². The second kappa shape index (κ2) is 7.95. The van der Waals surface area contributed by atoms with E-state index in [-0.39, 0.29) is 10.7 Å². The Morgan fingerprint density at radius 3 is 2.33 bits per heavy atom. The molecular formula is C22H24N6OS. The molecule has 0 fully saturated rings. The third-order valence-electron chi connectivity index (χ3n) is 4.78. The van der Waals surface area contributed by atoms with Crippen LogP contribution in [-0.2, 0) is 5.41 Å². The number of hydrogen-bond donors (Lipinski definition) is 1. The number of hydrogen-bond acceptors (Lipinski definition) is 7. The van der Waals surface area contributed by atoms with Gasteiger partial charge in [0.1, 0.15) is 0 Å². The predicted octanol–water partition coefficient (Wildman–Crippen LogP) is 4.86. The van der Waals surface area contributed by atoms with Crippen LogP contribution >= 0.6 is 11.8 Å². The Labute approximate surface area is 179 Å². The van der Waals surface area contributed by atoms with Crippen molar-refractivity contribution in [3.63, 3.8) is 0 Å². The summed E-state index contributed by atoms with van der Waals surface area (Å²) >= 11 is 1.42. The Balaban J connectivity index is 1.51. The summed E-state index contributed by atoms with van der Waals surface area (Å²) in [5.74, 6) is 7.97. The lowest BCUT2D eigenvalue weighted by molar-refractivity contribution is 0.380. The van der Waals surface area contributed by atoms with Crippen molar-refractivity contribution >= 4 is 11.8 Å². The van der Waals surface area contributed by atoms with Crippen molar-refractivity contribution in [3.8, 4) is 22.8 Å². The molecule has 0 saturated carbocycles. The van der Waals surface area contributed by atoms with Crippen molar-refractivity contribution in [2.45, 2.75) is 43.5 Å². The highest BCUT2D eigenvalue weighted by molar-refractivity contribution is 7.99. The number of nitrogen functional groups attached to an aromatic ring is 1. The first-order valence-corrected chi connectivity index (χ1v) is 10.6. The summed E-state index contributed by atoms with van der Waals surface area (Å²) in [5, 5.41) is 13.1. The van der Waals surface area contributed by atoms with Crippen LogP contribution in [0.1, 0.15) is 44.4 Å². The standard InChI is InChI=1S/C22H24N6OS/c1-14(20-24-18(27-29-20)15-8-6-5-7-9-15)30-21-26-25-19(28(21)23)16-10-12-17(13-11-16)22(2,3)4/h5-14H,23H2,1-4H3. The van der Waals surface area contributed by atoms with E-state index >= 15 is 0 Å². The molecule has 8 heteroatoms. The van der Waals surface area contributed by atoms with Crippen LogP contribution in [0.4, 0.5) is 0 Å². The van der Waals surface area contributed by atoms with E-state index < -0.39 is 0 Å². The van der Waals surface area contributed by atoms with E-state index in [1.54, 1.807) is 0 Å². The molecule has 2 aromatic carbocycles. The molecule has 0 saturated heterocycles. The smallest absolute Gasteiger partial charge is 0.240 e. The Morgan fingerprint density at radius 1 is 0.967 bits per heavy atom. The molecule has 154 valence electrons. The molecular weight excluding hydrogens is 396 g/mol. The Kier molecular flexibility index (Phi) is 5.34. The molecule has 30 heavy (non-hydrogen) atoms. The van der Waals surface area contributed by atoms with E-state index in [0.29, 0.717) is 22.7 Å². The third kappa shape index (κ3) is 4.09. The van der Waals surface area contributed by atoms with Gasteiger partial charge in [-0.3, -0.25) is 0 Å². The van der Waals surface area contributed by atoms with Gasteiger partial charge in [0.05, 0.1) is 5.25 Å². The quantitative estimate of drug-likeness (QED) is 0.364. The molecule has 0 spiro atoms. The van der Waals surface area contributed by atoms with Crippen LogP contribution in [0.5, 0.6) is 0 Å². The Hall–Kier alpha value is -3.13. The van der Waals surface area contributed by atoms with Crippen LogP contribution in [0.15, 0.2) is 64.3 Å². The van der Waals surface area contributed by atoms with E-state index in [4.69, 9.17) is 10.4 Å². The fourth-order valence-electron chi connectivity index (χ4n) is 2.99. The number of rotatable bonds is 5. The molecule has 2 heterocycles. The van der Waals surface area contributed by atoms with Gasteiger partial charge in [-0.2, -0.15) is 4.98 Å². The van der Waals surface area contributed by atoms with Crippen LogP contribution in [0, 0.1) is 0 Å². The minimum absolute atomic E-state index is 0.0913. The highest BCUT2D eigenvalue weighted by Crippen LogP contribution is 2.34. The van der Waals surface area contributed by atoms with Crippen LogP contribution in [0.3, 0.4) is 0 Å². The minimum Gasteiger partial charge on any atom is -0.338 e. The normalized spacial score (nSPS) is 12.8. The number of benzene rings is 2. The van der Waals surface area contributed by atoms with Crippen molar-refractivity contribution in [1.82, 2.24) is 25.0 Å². The average molecular weight is 421 g/mol. The van der Waals surface area contributed by atoms with E-state index in [2.05, 4.69) is 53.2 Å². The van der Waals surface area contributed by atoms with Gasteiger partial charge in [-0.1, -0.05) is 92.3 Å². The lowest BCUT2D eigenvalue weighted by Gasteiger charge is -2.19. The van der Waals surface area contributed by atoms with Gasteiger partial charge in [0.15, 0.2) is 5.82 Å². The molecule has 2 aromatic heterocycles. The van der Waals surface area contributed by atoms with Crippen molar-refractivity contribution in [2.24, 2.45) is 0 Å². The summed E-state index contributed by atoms with van der Waals surface area (Å²) in [6.07, 6.45) is 0. The first-order chi connectivity index (χ1) is 14.3. The summed E-state index contributed by atoms with van der Waals surface area (Å²) in [6, 6.07) is 18.0. The van der Waals surface area contributed by atoms with Crippen LogP contribution < -0.4 is 5.84 Å². The molecule has 0 bridgehead atoms. The zero-order chi connectivity index (χ0) is 21.3. The van der Waals surface area contributed by atoms with Crippen LogP contribution in [0.2, 0.25) is 0 Å². The molecule has 0 radical (unpaired) electrons. The topological polar surface area (TPSA) is 95.7 Å². The van der Waals surface area contributed by atoms with E-state index in [0.717, 1.165) is 11.1 Å². The monoisotopic (exact) mass is 420 g/mol. The van der Waals surface area contributed by atoms with Crippen molar-refractivity contribution in [1.29, 1.82) is 0 Å². The first kappa shape index (κ1) is 20.2. The van der Waals surface area contributed by atoms with Crippen LogP contribution in [-0.4, -0.2) is 25.0 Å². The summed E-state index contributed by atoms with van der Waals surface area (Å²) in [4.78, 5) is 4.51. The third-order valence-corrected chi connectivity index (χ3v) is 5.82. The molecule has 4 rings (SSSR count). The highest BCUT2D eigenvalue weighted by atomic mass is 32.2. The van der Waals surface area contributed by atoms with E-state index in [1.807, 2.05) is 49.4 Å². The molecule has 0 aliphatic rings. The molecule has 4 aromatic rings. The zero-order valence-electron chi connectivity index (χ0n) is 17.4.